The number of hydrogen-bond donors (Lipinski definition) is 1. The first-order chi connectivity index (χ1) is 9.67. The third kappa shape index (κ3) is 2.12. The van der Waals surface area contributed by atoms with E-state index >= 15 is 0 Å². The van der Waals surface area contributed by atoms with Crippen molar-refractivity contribution in [1.29, 1.82) is 5.26 Å². The third-order valence-electron chi connectivity index (χ3n) is 3.09. The summed E-state index contributed by atoms with van der Waals surface area (Å²) in [6.45, 7) is 3.98. The zero-order valence-corrected chi connectivity index (χ0v) is 11.2. The van der Waals surface area contributed by atoms with Crippen LogP contribution in [-0.4, -0.2) is 11.8 Å². The Morgan fingerprint density at radius 1 is 1.20 bits per heavy atom. The molecule has 1 aromatic heterocycles. The Kier molecular flexibility index (Phi) is 2.92. The van der Waals surface area contributed by atoms with Gasteiger partial charge in [-0.15, -0.1) is 0 Å². The first kappa shape index (κ1) is 12.3. The number of aromatic nitrogens is 1. The zero-order chi connectivity index (χ0) is 14.1. The number of nitrogens with one attached hydrogen (secondary N) is 1. The van der Waals surface area contributed by atoms with E-state index in [9.17, 15) is 5.26 Å². The van der Waals surface area contributed by atoms with Gasteiger partial charge in [-0.05, 0) is 32.0 Å². The first-order valence-corrected chi connectivity index (χ1v) is 6.22. The maximum atomic E-state index is 9.25. The van der Waals surface area contributed by atoms with Crippen LogP contribution in [-0.2, 0) is 0 Å². The SMILES string of the molecule is Cc1cc(Nc2ccc3c(c2)OCO3)c(C#N)c(C)n1. The molecule has 1 aliphatic heterocycles. The van der Waals surface area contributed by atoms with Crippen molar-refractivity contribution in [1.82, 2.24) is 4.98 Å². The molecule has 0 fully saturated rings. The molecule has 2 heterocycles. The Morgan fingerprint density at radius 2 is 2.00 bits per heavy atom. The van der Waals surface area contributed by atoms with E-state index in [0.29, 0.717) is 11.3 Å². The molecule has 0 aliphatic carbocycles. The van der Waals surface area contributed by atoms with Gasteiger partial charge in [-0.25, -0.2) is 0 Å². The fourth-order valence-electron chi connectivity index (χ4n) is 2.20. The van der Waals surface area contributed by atoms with Gasteiger partial charge in [-0.2, -0.15) is 5.26 Å². The molecular formula is C15H13N3O2. The number of pyridine rings is 1. The average Bonchev–Trinajstić information content (AvgIpc) is 2.85. The molecule has 0 spiro atoms. The van der Waals surface area contributed by atoms with Gasteiger partial charge in [0.2, 0.25) is 6.79 Å². The number of rotatable bonds is 2. The molecule has 0 atom stereocenters. The molecule has 1 aromatic carbocycles. The lowest BCUT2D eigenvalue weighted by Gasteiger charge is -2.11. The first-order valence-electron chi connectivity index (χ1n) is 6.22. The third-order valence-corrected chi connectivity index (χ3v) is 3.09. The predicted molar refractivity (Wildman–Crippen MR) is 74.3 cm³/mol. The van der Waals surface area contributed by atoms with Gasteiger partial charge in [0.05, 0.1) is 16.9 Å². The highest BCUT2D eigenvalue weighted by atomic mass is 16.7. The van der Waals surface area contributed by atoms with Crippen molar-refractivity contribution in [2.24, 2.45) is 0 Å². The Hall–Kier alpha value is -2.74. The molecule has 0 bridgehead atoms. The number of nitrogens with zero attached hydrogens (tertiary/aromatic N) is 2. The number of aryl methyl sites for hydroxylation is 2. The lowest BCUT2D eigenvalue weighted by Crippen LogP contribution is -1.99. The average molecular weight is 267 g/mol. The van der Waals surface area contributed by atoms with Crippen LogP contribution < -0.4 is 14.8 Å². The highest BCUT2D eigenvalue weighted by Crippen LogP contribution is 2.35. The van der Waals surface area contributed by atoms with Crippen molar-refractivity contribution in [3.8, 4) is 17.6 Å². The smallest absolute Gasteiger partial charge is 0.231 e. The number of fused-ring (bicyclic) bond motifs is 1. The van der Waals surface area contributed by atoms with Gasteiger partial charge in [0, 0.05) is 17.4 Å². The van der Waals surface area contributed by atoms with Crippen molar-refractivity contribution >= 4 is 11.4 Å². The largest absolute Gasteiger partial charge is 0.454 e. The summed E-state index contributed by atoms with van der Waals surface area (Å²) in [5, 5.41) is 12.5. The van der Waals surface area contributed by atoms with Gasteiger partial charge in [-0.1, -0.05) is 0 Å². The van der Waals surface area contributed by atoms with Crippen LogP contribution >= 0.6 is 0 Å². The van der Waals surface area contributed by atoms with E-state index in [4.69, 9.17) is 9.47 Å². The summed E-state index contributed by atoms with van der Waals surface area (Å²) < 4.78 is 10.6. The second-order valence-corrected chi connectivity index (χ2v) is 4.58. The topological polar surface area (TPSA) is 67.2 Å². The van der Waals surface area contributed by atoms with Crippen LogP contribution in [0.25, 0.3) is 0 Å². The fourth-order valence-corrected chi connectivity index (χ4v) is 2.20. The van der Waals surface area contributed by atoms with Gasteiger partial charge < -0.3 is 14.8 Å². The molecule has 1 aliphatic rings. The van der Waals surface area contributed by atoms with Crippen LogP contribution in [0.5, 0.6) is 11.5 Å². The van der Waals surface area contributed by atoms with Gasteiger partial charge in [0.15, 0.2) is 11.5 Å². The Labute approximate surface area is 116 Å². The van der Waals surface area contributed by atoms with E-state index in [1.807, 2.05) is 38.1 Å². The molecule has 0 saturated carbocycles. The van der Waals surface area contributed by atoms with Crippen molar-refractivity contribution in [2.75, 3.05) is 12.1 Å². The normalized spacial score (nSPS) is 12.1. The monoisotopic (exact) mass is 267 g/mol. The van der Waals surface area contributed by atoms with Crippen LogP contribution in [0.2, 0.25) is 0 Å². The van der Waals surface area contributed by atoms with Gasteiger partial charge in [0.1, 0.15) is 6.07 Å². The van der Waals surface area contributed by atoms with Gasteiger partial charge in [-0.3, -0.25) is 4.98 Å². The van der Waals surface area contributed by atoms with Gasteiger partial charge in [0.25, 0.3) is 0 Å². The number of nitriles is 1. The standard InChI is InChI=1S/C15H13N3O2/c1-9-5-13(12(7-16)10(2)17-9)18-11-3-4-14-15(6-11)20-8-19-14/h3-6H,8H2,1-2H3,(H,17,18). The van der Waals surface area contributed by atoms with Crippen molar-refractivity contribution in [2.45, 2.75) is 13.8 Å². The van der Waals surface area contributed by atoms with Crippen LogP contribution in [0.1, 0.15) is 17.0 Å². The van der Waals surface area contributed by atoms with E-state index < -0.39 is 0 Å². The van der Waals surface area contributed by atoms with Crippen molar-refractivity contribution in [3.05, 3.63) is 41.2 Å². The van der Waals surface area contributed by atoms with Crippen LogP contribution in [0.15, 0.2) is 24.3 Å². The van der Waals surface area contributed by atoms with E-state index in [1.165, 1.54) is 0 Å². The Morgan fingerprint density at radius 3 is 2.80 bits per heavy atom. The minimum atomic E-state index is 0.246. The summed E-state index contributed by atoms with van der Waals surface area (Å²) in [4.78, 5) is 4.30. The molecule has 0 radical (unpaired) electrons. The highest BCUT2D eigenvalue weighted by molar-refractivity contribution is 5.69. The summed E-state index contributed by atoms with van der Waals surface area (Å²) in [6.07, 6.45) is 0. The van der Waals surface area contributed by atoms with Crippen LogP contribution in [0.3, 0.4) is 0 Å². The fraction of sp³-hybridized carbons (Fsp3) is 0.200. The van der Waals surface area contributed by atoms with E-state index in [0.717, 1.165) is 28.5 Å². The maximum absolute atomic E-state index is 9.25. The van der Waals surface area contributed by atoms with Crippen molar-refractivity contribution < 1.29 is 9.47 Å². The molecule has 0 amide bonds. The summed E-state index contributed by atoms with van der Waals surface area (Å²) in [7, 11) is 0. The number of anilines is 2. The minimum Gasteiger partial charge on any atom is -0.454 e. The summed E-state index contributed by atoms with van der Waals surface area (Å²) in [5.41, 5.74) is 3.72. The zero-order valence-electron chi connectivity index (χ0n) is 11.2. The molecule has 5 nitrogen and oxygen atoms in total. The molecule has 5 heteroatoms. The molecule has 1 N–H and O–H groups in total. The number of benzene rings is 1. The molecule has 2 aromatic rings. The second-order valence-electron chi connectivity index (χ2n) is 4.58. The Balaban J connectivity index is 1.97. The Bertz CT molecular complexity index is 720. The van der Waals surface area contributed by atoms with E-state index in [1.54, 1.807) is 0 Å². The second kappa shape index (κ2) is 4.74. The highest BCUT2D eigenvalue weighted by Gasteiger charge is 2.14. The predicted octanol–water partition coefficient (Wildman–Crippen LogP) is 3.04. The lowest BCUT2D eigenvalue weighted by molar-refractivity contribution is 0.174. The maximum Gasteiger partial charge on any atom is 0.231 e. The molecule has 20 heavy (non-hydrogen) atoms. The molecule has 0 unspecified atom stereocenters. The van der Waals surface area contributed by atoms with E-state index in [-0.39, 0.29) is 6.79 Å². The molecule has 3 rings (SSSR count). The molecule has 0 saturated heterocycles. The molecule has 100 valence electrons. The summed E-state index contributed by atoms with van der Waals surface area (Å²) >= 11 is 0. The number of ether oxygens (including phenoxy) is 2. The summed E-state index contributed by atoms with van der Waals surface area (Å²) in [5.74, 6) is 1.44. The lowest BCUT2D eigenvalue weighted by atomic mass is 10.1. The number of hydrogen-bond acceptors (Lipinski definition) is 5. The minimum absolute atomic E-state index is 0.246. The summed E-state index contributed by atoms with van der Waals surface area (Å²) in [6, 6.07) is 9.63. The van der Waals surface area contributed by atoms with Crippen LogP contribution in [0.4, 0.5) is 11.4 Å². The molecular weight excluding hydrogens is 254 g/mol. The van der Waals surface area contributed by atoms with E-state index in [2.05, 4.69) is 16.4 Å². The van der Waals surface area contributed by atoms with Crippen LogP contribution in [0, 0.1) is 25.2 Å². The quantitative estimate of drug-likeness (QED) is 0.905. The van der Waals surface area contributed by atoms with Gasteiger partial charge >= 0.3 is 0 Å². The van der Waals surface area contributed by atoms with Crippen molar-refractivity contribution in [3.63, 3.8) is 0 Å².